The van der Waals surface area contributed by atoms with Crippen LogP contribution in [0.3, 0.4) is 0 Å². The monoisotopic (exact) mass is 306 g/mol. The maximum Gasteiger partial charge on any atom is 0.146 e. The predicted molar refractivity (Wildman–Crippen MR) is 86.6 cm³/mol. The Labute approximate surface area is 129 Å². The van der Waals surface area contributed by atoms with Crippen LogP contribution in [0.4, 0.5) is 5.82 Å². The zero-order valence-electron chi connectivity index (χ0n) is 12.5. The van der Waals surface area contributed by atoms with Gasteiger partial charge < -0.3 is 10.4 Å². The SMILES string of the molecule is CCNc1nc(CN(C)CC2CC(O)C2)nc2sccc12. The second-order valence-electron chi connectivity index (χ2n) is 5.85. The van der Waals surface area contributed by atoms with Crippen LogP contribution in [0.5, 0.6) is 0 Å². The summed E-state index contributed by atoms with van der Waals surface area (Å²) in [5.74, 6) is 2.41. The fourth-order valence-electron chi connectivity index (χ4n) is 2.87. The molecule has 0 amide bonds. The highest BCUT2D eigenvalue weighted by molar-refractivity contribution is 7.16. The number of hydrogen-bond donors (Lipinski definition) is 2. The summed E-state index contributed by atoms with van der Waals surface area (Å²) < 4.78 is 0. The summed E-state index contributed by atoms with van der Waals surface area (Å²) in [5.41, 5.74) is 0. The molecular weight excluding hydrogens is 284 g/mol. The van der Waals surface area contributed by atoms with Gasteiger partial charge >= 0.3 is 0 Å². The van der Waals surface area contributed by atoms with Crippen molar-refractivity contribution >= 4 is 27.4 Å². The van der Waals surface area contributed by atoms with Crippen molar-refractivity contribution in [1.82, 2.24) is 14.9 Å². The van der Waals surface area contributed by atoms with Crippen molar-refractivity contribution in [3.05, 3.63) is 17.3 Å². The molecule has 1 aliphatic rings. The number of aromatic nitrogens is 2. The van der Waals surface area contributed by atoms with Crippen LogP contribution in [-0.2, 0) is 6.54 Å². The van der Waals surface area contributed by atoms with E-state index in [0.29, 0.717) is 5.92 Å². The lowest BCUT2D eigenvalue weighted by Gasteiger charge is -2.34. The third kappa shape index (κ3) is 3.33. The van der Waals surface area contributed by atoms with Crippen molar-refractivity contribution in [2.75, 3.05) is 25.5 Å². The van der Waals surface area contributed by atoms with Gasteiger partial charge in [0.1, 0.15) is 16.5 Å². The number of fused-ring (bicyclic) bond motifs is 1. The number of nitrogens with one attached hydrogen (secondary N) is 1. The molecule has 2 aromatic rings. The molecular formula is C15H22N4OS. The molecule has 1 saturated carbocycles. The van der Waals surface area contributed by atoms with Crippen molar-refractivity contribution in [2.45, 2.75) is 32.4 Å². The zero-order valence-corrected chi connectivity index (χ0v) is 13.4. The van der Waals surface area contributed by atoms with E-state index in [1.165, 1.54) is 0 Å². The minimum Gasteiger partial charge on any atom is -0.393 e. The molecule has 0 saturated heterocycles. The van der Waals surface area contributed by atoms with E-state index < -0.39 is 0 Å². The van der Waals surface area contributed by atoms with E-state index in [-0.39, 0.29) is 6.10 Å². The first-order chi connectivity index (χ1) is 10.2. The predicted octanol–water partition coefficient (Wildman–Crippen LogP) is 2.33. The third-order valence-corrected chi connectivity index (χ3v) is 4.71. The molecule has 2 aromatic heterocycles. The van der Waals surface area contributed by atoms with E-state index in [2.05, 4.69) is 45.6 Å². The molecule has 2 N–H and O–H groups in total. The number of hydrogen-bond acceptors (Lipinski definition) is 6. The van der Waals surface area contributed by atoms with E-state index in [1.807, 2.05) is 0 Å². The van der Waals surface area contributed by atoms with Crippen molar-refractivity contribution in [3.8, 4) is 0 Å². The van der Waals surface area contributed by atoms with E-state index in [0.717, 1.165) is 54.3 Å². The second kappa shape index (κ2) is 6.25. The molecule has 5 nitrogen and oxygen atoms in total. The molecule has 0 unspecified atom stereocenters. The number of aliphatic hydroxyl groups is 1. The Morgan fingerprint density at radius 1 is 1.43 bits per heavy atom. The highest BCUT2D eigenvalue weighted by Gasteiger charge is 2.28. The van der Waals surface area contributed by atoms with Gasteiger partial charge in [-0.15, -0.1) is 11.3 Å². The lowest BCUT2D eigenvalue weighted by atomic mass is 9.82. The average Bonchev–Trinajstić information content (AvgIpc) is 2.85. The average molecular weight is 306 g/mol. The van der Waals surface area contributed by atoms with Crippen LogP contribution in [0.25, 0.3) is 10.2 Å². The van der Waals surface area contributed by atoms with E-state index in [9.17, 15) is 5.11 Å². The van der Waals surface area contributed by atoms with Gasteiger partial charge in [0.25, 0.3) is 0 Å². The summed E-state index contributed by atoms with van der Waals surface area (Å²) in [6.07, 6.45) is 1.78. The first-order valence-electron chi connectivity index (χ1n) is 7.50. The number of nitrogens with zero attached hydrogens (tertiary/aromatic N) is 3. The Morgan fingerprint density at radius 2 is 2.24 bits per heavy atom. The van der Waals surface area contributed by atoms with Crippen LogP contribution in [0.15, 0.2) is 11.4 Å². The van der Waals surface area contributed by atoms with Crippen molar-refractivity contribution in [2.24, 2.45) is 5.92 Å². The molecule has 0 aromatic carbocycles. The topological polar surface area (TPSA) is 61.3 Å². The molecule has 1 fully saturated rings. The maximum atomic E-state index is 9.36. The van der Waals surface area contributed by atoms with Crippen molar-refractivity contribution in [1.29, 1.82) is 0 Å². The lowest BCUT2D eigenvalue weighted by molar-refractivity contribution is 0.0271. The molecule has 3 rings (SSSR count). The minimum atomic E-state index is -0.0810. The van der Waals surface area contributed by atoms with Crippen LogP contribution >= 0.6 is 11.3 Å². The summed E-state index contributed by atoms with van der Waals surface area (Å²) in [4.78, 5) is 12.6. The third-order valence-electron chi connectivity index (χ3n) is 3.91. The molecule has 6 heteroatoms. The Morgan fingerprint density at radius 3 is 2.95 bits per heavy atom. The summed E-state index contributed by atoms with van der Waals surface area (Å²) in [5, 5.41) is 15.8. The standard InChI is InChI=1S/C15H22N4OS/c1-3-16-14-12-4-5-21-15(12)18-13(17-14)9-19(2)8-10-6-11(20)7-10/h4-5,10-11,20H,3,6-9H2,1-2H3,(H,16,17,18). The van der Waals surface area contributed by atoms with Gasteiger partial charge in [0.15, 0.2) is 0 Å². The Hall–Kier alpha value is -1.24. The highest BCUT2D eigenvalue weighted by Crippen LogP contribution is 2.28. The molecule has 21 heavy (non-hydrogen) atoms. The summed E-state index contributed by atoms with van der Waals surface area (Å²) in [7, 11) is 2.10. The van der Waals surface area contributed by atoms with Crippen molar-refractivity contribution < 1.29 is 5.11 Å². The van der Waals surface area contributed by atoms with Gasteiger partial charge in [0.2, 0.25) is 0 Å². The highest BCUT2D eigenvalue weighted by atomic mass is 32.1. The summed E-state index contributed by atoms with van der Waals surface area (Å²) in [6, 6.07) is 2.07. The lowest BCUT2D eigenvalue weighted by Crippen LogP contribution is -2.37. The van der Waals surface area contributed by atoms with Crippen LogP contribution < -0.4 is 5.32 Å². The van der Waals surface area contributed by atoms with Crippen LogP contribution in [0.2, 0.25) is 0 Å². The first-order valence-corrected chi connectivity index (χ1v) is 8.38. The normalized spacial score (nSPS) is 21.7. The fraction of sp³-hybridized carbons (Fsp3) is 0.600. The molecule has 2 heterocycles. The minimum absolute atomic E-state index is 0.0810. The fourth-order valence-corrected chi connectivity index (χ4v) is 3.65. The van der Waals surface area contributed by atoms with Gasteiger partial charge in [0, 0.05) is 13.1 Å². The molecule has 0 radical (unpaired) electrons. The van der Waals surface area contributed by atoms with E-state index in [4.69, 9.17) is 0 Å². The molecule has 0 bridgehead atoms. The molecule has 1 aliphatic carbocycles. The van der Waals surface area contributed by atoms with Gasteiger partial charge in [-0.2, -0.15) is 0 Å². The van der Waals surface area contributed by atoms with Gasteiger partial charge in [-0.05, 0) is 44.2 Å². The number of rotatable bonds is 6. The van der Waals surface area contributed by atoms with Crippen LogP contribution in [0.1, 0.15) is 25.6 Å². The summed E-state index contributed by atoms with van der Waals surface area (Å²) >= 11 is 1.66. The van der Waals surface area contributed by atoms with E-state index in [1.54, 1.807) is 11.3 Å². The van der Waals surface area contributed by atoms with Crippen LogP contribution in [-0.4, -0.2) is 46.2 Å². The Kier molecular flexibility index (Phi) is 4.37. The van der Waals surface area contributed by atoms with Gasteiger partial charge in [-0.1, -0.05) is 0 Å². The van der Waals surface area contributed by atoms with E-state index >= 15 is 0 Å². The van der Waals surface area contributed by atoms with Crippen LogP contribution in [0, 0.1) is 5.92 Å². The largest absolute Gasteiger partial charge is 0.393 e. The molecule has 0 spiro atoms. The quantitative estimate of drug-likeness (QED) is 0.857. The van der Waals surface area contributed by atoms with Gasteiger partial charge in [-0.3, -0.25) is 4.90 Å². The van der Waals surface area contributed by atoms with Crippen molar-refractivity contribution in [3.63, 3.8) is 0 Å². The molecule has 114 valence electrons. The second-order valence-corrected chi connectivity index (χ2v) is 6.74. The number of thiophene rings is 1. The molecule has 0 aliphatic heterocycles. The Balaban J connectivity index is 1.70. The first kappa shape index (κ1) is 14.7. The Bertz CT molecular complexity index is 609. The smallest absolute Gasteiger partial charge is 0.146 e. The van der Waals surface area contributed by atoms with Gasteiger partial charge in [0.05, 0.1) is 18.0 Å². The maximum absolute atomic E-state index is 9.36. The zero-order chi connectivity index (χ0) is 14.8. The summed E-state index contributed by atoms with van der Waals surface area (Å²) in [6.45, 7) is 4.68. The number of aliphatic hydroxyl groups excluding tert-OH is 1. The molecule has 0 atom stereocenters. The number of anilines is 1. The van der Waals surface area contributed by atoms with Gasteiger partial charge in [-0.25, -0.2) is 9.97 Å².